The van der Waals surface area contributed by atoms with Crippen molar-refractivity contribution in [3.63, 3.8) is 0 Å². The van der Waals surface area contributed by atoms with Crippen molar-refractivity contribution in [1.82, 2.24) is 0 Å². The fourth-order valence-corrected chi connectivity index (χ4v) is 5.04. The molecule has 1 heterocycles. The van der Waals surface area contributed by atoms with Gasteiger partial charge in [-0.15, -0.1) is 0 Å². The first kappa shape index (κ1) is 18.3. The first-order valence-corrected chi connectivity index (χ1v) is 9.68. The summed E-state index contributed by atoms with van der Waals surface area (Å²) in [7, 11) is 0. The lowest BCUT2D eigenvalue weighted by atomic mass is 9.60. The number of halogens is 1. The molecule has 1 unspecified atom stereocenters. The Morgan fingerprint density at radius 1 is 0.889 bits per heavy atom. The van der Waals surface area contributed by atoms with Gasteiger partial charge in [0, 0.05) is 35.7 Å². The van der Waals surface area contributed by atoms with Gasteiger partial charge in [0.15, 0.2) is 5.78 Å². The zero-order valence-corrected chi connectivity index (χ0v) is 16.4. The van der Waals surface area contributed by atoms with Gasteiger partial charge in [-0.3, -0.25) is 14.6 Å². The average Bonchev–Trinajstić information content (AvgIpc) is 2.51. The van der Waals surface area contributed by atoms with Crippen LogP contribution in [0.2, 0.25) is 0 Å². The molecule has 3 aliphatic rings. The van der Waals surface area contributed by atoms with Gasteiger partial charge in [0.2, 0.25) is 0 Å². The van der Waals surface area contributed by atoms with Crippen LogP contribution in [0.25, 0.3) is 0 Å². The lowest BCUT2D eigenvalue weighted by molar-refractivity contribution is -0.124. The van der Waals surface area contributed by atoms with Gasteiger partial charge in [0.1, 0.15) is 11.6 Å². The van der Waals surface area contributed by atoms with Crippen molar-refractivity contribution < 1.29 is 14.0 Å². The summed E-state index contributed by atoms with van der Waals surface area (Å²) in [4.78, 5) is 31.1. The van der Waals surface area contributed by atoms with Crippen LogP contribution in [0, 0.1) is 22.6 Å². The number of benzene rings is 1. The summed E-state index contributed by atoms with van der Waals surface area (Å²) >= 11 is 0. The molecule has 1 aliphatic heterocycles. The first-order chi connectivity index (χ1) is 12.6. The number of hydrogen-bond acceptors (Lipinski definition) is 3. The Morgan fingerprint density at radius 3 is 2.19 bits per heavy atom. The van der Waals surface area contributed by atoms with Crippen molar-refractivity contribution in [2.45, 2.75) is 59.3 Å². The smallest absolute Gasteiger partial charge is 0.161 e. The Balaban J connectivity index is 1.90. The van der Waals surface area contributed by atoms with Crippen LogP contribution in [-0.4, -0.2) is 17.3 Å². The van der Waals surface area contributed by atoms with Crippen LogP contribution < -0.4 is 0 Å². The number of Topliss-reactive ketones (excluding diaryl/α,β-unsaturated/α-hetero) is 2. The van der Waals surface area contributed by atoms with E-state index in [9.17, 15) is 14.0 Å². The van der Waals surface area contributed by atoms with E-state index in [0.717, 1.165) is 29.8 Å². The van der Waals surface area contributed by atoms with Crippen LogP contribution in [0.4, 0.5) is 4.39 Å². The van der Waals surface area contributed by atoms with Crippen LogP contribution in [0.5, 0.6) is 0 Å². The van der Waals surface area contributed by atoms with Crippen LogP contribution in [0.1, 0.15) is 64.9 Å². The summed E-state index contributed by atoms with van der Waals surface area (Å²) in [5.41, 5.74) is 3.00. The molecule has 4 heteroatoms. The third-order valence-electron chi connectivity index (χ3n) is 6.07. The lowest BCUT2D eigenvalue weighted by Crippen LogP contribution is -2.45. The summed E-state index contributed by atoms with van der Waals surface area (Å²) in [6.07, 6.45) is 2.43. The monoisotopic (exact) mass is 367 g/mol. The minimum absolute atomic E-state index is 0.0796. The molecule has 0 amide bonds. The molecule has 1 aromatic rings. The van der Waals surface area contributed by atoms with Crippen molar-refractivity contribution in [1.29, 1.82) is 0 Å². The highest BCUT2D eigenvalue weighted by molar-refractivity contribution is 6.13. The number of aliphatic imine (C=N–C) groups is 1. The van der Waals surface area contributed by atoms with E-state index in [-0.39, 0.29) is 34.1 Å². The maximum Gasteiger partial charge on any atom is 0.161 e. The second-order valence-corrected chi connectivity index (χ2v) is 9.90. The number of hydrogen-bond donors (Lipinski definition) is 0. The number of allylic oxidation sites excluding steroid dienone is 2. The molecule has 2 atom stereocenters. The highest BCUT2D eigenvalue weighted by atomic mass is 19.1. The van der Waals surface area contributed by atoms with Crippen molar-refractivity contribution >= 4 is 17.3 Å². The average molecular weight is 367 g/mol. The van der Waals surface area contributed by atoms with E-state index in [4.69, 9.17) is 4.99 Å². The molecule has 0 spiro atoms. The minimum Gasteiger partial charge on any atom is -0.299 e. The van der Waals surface area contributed by atoms with Gasteiger partial charge in [-0.2, -0.15) is 0 Å². The highest BCUT2D eigenvalue weighted by Gasteiger charge is 2.49. The molecule has 1 aromatic carbocycles. The number of nitrogens with zero attached hydrogens (tertiary/aromatic N) is 1. The van der Waals surface area contributed by atoms with Crippen molar-refractivity contribution in [3.8, 4) is 0 Å². The molecule has 0 N–H and O–H groups in total. The zero-order valence-electron chi connectivity index (χ0n) is 16.4. The number of ketones is 2. The largest absolute Gasteiger partial charge is 0.299 e. The van der Waals surface area contributed by atoms with E-state index in [1.54, 1.807) is 12.1 Å². The van der Waals surface area contributed by atoms with Gasteiger partial charge >= 0.3 is 0 Å². The van der Waals surface area contributed by atoms with Crippen LogP contribution in [0.15, 0.2) is 40.5 Å². The minimum atomic E-state index is -0.396. The molecule has 142 valence electrons. The quantitative estimate of drug-likeness (QED) is 0.700. The Morgan fingerprint density at radius 2 is 1.52 bits per heavy atom. The second-order valence-electron chi connectivity index (χ2n) is 9.90. The molecular weight excluding hydrogens is 341 g/mol. The third kappa shape index (κ3) is 3.19. The van der Waals surface area contributed by atoms with Gasteiger partial charge in [0.05, 0.1) is 5.92 Å². The zero-order chi connectivity index (χ0) is 19.6. The molecular formula is C23H26FNO2. The van der Waals surface area contributed by atoms with Gasteiger partial charge in [-0.05, 0) is 41.4 Å². The van der Waals surface area contributed by atoms with Gasteiger partial charge < -0.3 is 0 Å². The Bertz CT molecular complexity index is 889. The van der Waals surface area contributed by atoms with E-state index >= 15 is 0 Å². The fourth-order valence-electron chi connectivity index (χ4n) is 5.04. The van der Waals surface area contributed by atoms with E-state index in [0.29, 0.717) is 18.4 Å². The molecule has 0 bridgehead atoms. The van der Waals surface area contributed by atoms with Crippen LogP contribution >= 0.6 is 0 Å². The Hall–Kier alpha value is -2.10. The van der Waals surface area contributed by atoms with Crippen molar-refractivity contribution in [3.05, 3.63) is 46.9 Å². The predicted octanol–water partition coefficient (Wildman–Crippen LogP) is 5.01. The number of carbonyl (C=O) groups is 2. The summed E-state index contributed by atoms with van der Waals surface area (Å²) < 4.78 is 13.5. The molecule has 2 aliphatic carbocycles. The second kappa shape index (κ2) is 5.95. The molecule has 3 nitrogen and oxygen atoms in total. The molecule has 0 saturated heterocycles. The summed E-state index contributed by atoms with van der Waals surface area (Å²) in [5, 5.41) is 0. The summed E-state index contributed by atoms with van der Waals surface area (Å²) in [6, 6.07) is 6.26. The Labute approximate surface area is 159 Å². The molecule has 27 heavy (non-hydrogen) atoms. The lowest BCUT2D eigenvalue weighted by Gasteiger charge is -2.44. The number of rotatable bonds is 1. The summed E-state index contributed by atoms with van der Waals surface area (Å²) in [5.74, 6) is -0.822. The standard InChI is InChI=1S/C23H26FNO2/c1-22(2)9-15-20(17(26)11-22)19(13-5-7-14(24)8-6-13)21-16(25-15)10-23(3,4)12-18(21)27/h5-8,19-20H,9-12H2,1-4H3/t19-,20?/m1/s1. The van der Waals surface area contributed by atoms with E-state index < -0.39 is 5.92 Å². The van der Waals surface area contributed by atoms with E-state index in [2.05, 4.69) is 27.7 Å². The third-order valence-corrected chi connectivity index (χ3v) is 6.07. The number of fused-ring (bicyclic) bond motifs is 1. The first-order valence-electron chi connectivity index (χ1n) is 9.68. The predicted molar refractivity (Wildman–Crippen MR) is 103 cm³/mol. The summed E-state index contributed by atoms with van der Waals surface area (Å²) in [6.45, 7) is 8.36. The van der Waals surface area contributed by atoms with Gasteiger partial charge in [0.25, 0.3) is 0 Å². The van der Waals surface area contributed by atoms with Gasteiger partial charge in [-0.1, -0.05) is 39.8 Å². The maximum absolute atomic E-state index is 13.5. The normalized spacial score (nSPS) is 29.1. The SMILES string of the molecule is CC1(C)CC(=O)C2C(=NC3=C(C(=O)CC(C)(C)C3)[C@@H]2c2ccc(F)cc2)C1. The van der Waals surface area contributed by atoms with Gasteiger partial charge in [-0.25, -0.2) is 4.39 Å². The number of carbonyl (C=O) groups excluding carboxylic acids is 2. The molecule has 1 fully saturated rings. The fraction of sp³-hybridized carbons (Fsp3) is 0.522. The maximum atomic E-state index is 13.5. The van der Waals surface area contributed by atoms with Crippen molar-refractivity contribution in [2.75, 3.05) is 0 Å². The van der Waals surface area contributed by atoms with Crippen molar-refractivity contribution in [2.24, 2.45) is 21.7 Å². The Kier molecular flexibility index (Phi) is 4.03. The topological polar surface area (TPSA) is 46.5 Å². The van der Waals surface area contributed by atoms with Crippen LogP contribution in [-0.2, 0) is 9.59 Å². The van der Waals surface area contributed by atoms with Crippen LogP contribution in [0.3, 0.4) is 0 Å². The molecule has 1 saturated carbocycles. The van der Waals surface area contributed by atoms with E-state index in [1.165, 1.54) is 12.1 Å². The van der Waals surface area contributed by atoms with E-state index in [1.807, 2.05) is 0 Å². The highest BCUT2D eigenvalue weighted by Crippen LogP contribution is 2.51. The molecule has 0 aromatic heterocycles. The molecule has 0 radical (unpaired) electrons. The molecule has 4 rings (SSSR count).